The Kier molecular flexibility index (Phi) is 9.93. The first-order valence-electron chi connectivity index (χ1n) is 12.2. The van der Waals surface area contributed by atoms with E-state index in [1.54, 1.807) is 46.4 Å². The van der Waals surface area contributed by atoms with Gasteiger partial charge >= 0.3 is 12.2 Å². The molecule has 1 aromatic rings. The zero-order chi connectivity index (χ0) is 27.8. The molecular formula is C26H39N5O6. The van der Waals surface area contributed by atoms with Crippen molar-refractivity contribution < 1.29 is 28.7 Å². The van der Waals surface area contributed by atoms with E-state index in [-0.39, 0.29) is 24.3 Å². The van der Waals surface area contributed by atoms with Crippen LogP contribution < -0.4 is 21.7 Å². The number of nitrogens with two attached hydrogens (primary N) is 1. The number of ether oxygens (including phenoxy) is 2. The number of alkyl carbamates (subject to hydrolysis) is 2. The Morgan fingerprint density at radius 2 is 1.76 bits per heavy atom. The van der Waals surface area contributed by atoms with Crippen molar-refractivity contribution in [3.8, 4) is 0 Å². The number of hydrogen-bond donors (Lipinski definition) is 4. The Morgan fingerprint density at radius 3 is 2.32 bits per heavy atom. The van der Waals surface area contributed by atoms with Crippen LogP contribution in [0.2, 0.25) is 0 Å². The van der Waals surface area contributed by atoms with Gasteiger partial charge in [-0.25, -0.2) is 9.59 Å². The zero-order valence-corrected chi connectivity index (χ0v) is 22.4. The van der Waals surface area contributed by atoms with Crippen molar-refractivity contribution >= 4 is 24.0 Å². The van der Waals surface area contributed by atoms with E-state index in [2.05, 4.69) is 16.0 Å². The molecule has 11 heteroatoms. The Labute approximate surface area is 218 Å². The smallest absolute Gasteiger partial charge is 0.408 e. The molecular weight excluding hydrogens is 478 g/mol. The molecule has 1 aromatic carbocycles. The highest BCUT2D eigenvalue weighted by atomic mass is 16.6. The van der Waals surface area contributed by atoms with E-state index >= 15 is 0 Å². The number of carbonyl (C=O) groups is 4. The van der Waals surface area contributed by atoms with Gasteiger partial charge in [0.15, 0.2) is 0 Å². The second-order valence-electron chi connectivity index (χ2n) is 10.5. The Hall–Kier alpha value is -3.76. The van der Waals surface area contributed by atoms with E-state index in [9.17, 15) is 19.2 Å². The minimum atomic E-state index is -1.39. The highest BCUT2D eigenvalue weighted by molar-refractivity contribution is 5.99. The summed E-state index contributed by atoms with van der Waals surface area (Å²) in [6.07, 6.45) is 0.778. The molecule has 1 heterocycles. The molecule has 1 aliphatic rings. The molecule has 2 rings (SSSR count). The lowest BCUT2D eigenvalue weighted by Gasteiger charge is -2.33. The van der Waals surface area contributed by atoms with Crippen LogP contribution in [0.25, 0.3) is 0 Å². The van der Waals surface area contributed by atoms with E-state index in [0.29, 0.717) is 19.5 Å². The van der Waals surface area contributed by atoms with Gasteiger partial charge in [-0.1, -0.05) is 44.2 Å². The average Bonchev–Trinajstić information content (AvgIpc) is 3.22. The topological polar surface area (TPSA) is 152 Å². The van der Waals surface area contributed by atoms with E-state index in [1.165, 1.54) is 6.20 Å². The predicted molar refractivity (Wildman–Crippen MR) is 138 cm³/mol. The van der Waals surface area contributed by atoms with Gasteiger partial charge in [0.1, 0.15) is 23.4 Å². The third-order valence-corrected chi connectivity index (χ3v) is 5.97. The molecule has 11 nitrogen and oxygen atoms in total. The molecule has 0 bridgehead atoms. The average molecular weight is 518 g/mol. The molecule has 1 unspecified atom stereocenters. The van der Waals surface area contributed by atoms with Crippen LogP contribution in [0.4, 0.5) is 9.59 Å². The van der Waals surface area contributed by atoms with Gasteiger partial charge in [-0.15, -0.1) is 0 Å². The van der Waals surface area contributed by atoms with Gasteiger partial charge in [0, 0.05) is 19.3 Å². The fraction of sp³-hybridized carbons (Fsp3) is 0.538. The van der Waals surface area contributed by atoms with Crippen LogP contribution in [0.1, 0.15) is 53.5 Å². The number of hydrogen-bond acceptors (Lipinski definition) is 7. The molecule has 204 valence electrons. The van der Waals surface area contributed by atoms with Crippen molar-refractivity contribution in [2.45, 2.75) is 71.8 Å². The molecule has 0 spiro atoms. The maximum atomic E-state index is 13.2. The van der Waals surface area contributed by atoms with Crippen LogP contribution in [-0.2, 0) is 25.7 Å². The third kappa shape index (κ3) is 9.32. The minimum absolute atomic E-state index is 0.0440. The molecule has 1 aliphatic heterocycles. The summed E-state index contributed by atoms with van der Waals surface area (Å²) >= 11 is 0. The molecule has 1 fully saturated rings. The lowest BCUT2D eigenvalue weighted by Crippen LogP contribution is -2.60. The van der Waals surface area contributed by atoms with Gasteiger partial charge in [0.05, 0.1) is 6.04 Å². The van der Waals surface area contributed by atoms with Crippen molar-refractivity contribution in [3.05, 3.63) is 47.8 Å². The quantitative estimate of drug-likeness (QED) is 0.367. The molecule has 5 N–H and O–H groups in total. The second-order valence-corrected chi connectivity index (χ2v) is 10.5. The summed E-state index contributed by atoms with van der Waals surface area (Å²) in [6, 6.07) is 8.95. The number of likely N-dealkylation sites (tertiary alicyclic amines) is 1. The van der Waals surface area contributed by atoms with Crippen molar-refractivity contribution in [3.63, 3.8) is 0 Å². The number of rotatable bonds is 9. The van der Waals surface area contributed by atoms with Crippen LogP contribution in [0.3, 0.4) is 0 Å². The largest absolute Gasteiger partial charge is 0.445 e. The number of nitrogens with one attached hydrogen (secondary N) is 3. The summed E-state index contributed by atoms with van der Waals surface area (Å²) < 4.78 is 10.5. The SMILES string of the molecule is CC(C)[C@](C)(NC(=O)OCc1ccccc1)C(=O)NC(=CN1CCC(NC(=O)OC(C)(C)C)C1)C(N)=O. The monoisotopic (exact) mass is 517 g/mol. The number of carbonyl (C=O) groups excluding carboxylic acids is 4. The molecule has 0 aliphatic carbocycles. The van der Waals surface area contributed by atoms with E-state index < -0.39 is 35.1 Å². The standard InChI is InChI=1S/C26H39N5O6/c1-17(2)26(6,30-24(35)36-16-18-10-8-7-9-11-18)22(33)29-20(21(27)32)15-31-13-12-19(14-31)28-23(34)37-25(3,4)5/h7-11,15,17,19H,12-14,16H2,1-6H3,(H2,27,32)(H,28,34)(H,29,33)(H,30,35)/t19?,26-/m0/s1. The van der Waals surface area contributed by atoms with Crippen LogP contribution >= 0.6 is 0 Å². The lowest BCUT2D eigenvalue weighted by molar-refractivity contribution is -0.129. The fourth-order valence-electron chi connectivity index (χ4n) is 3.52. The van der Waals surface area contributed by atoms with Gasteiger partial charge in [0.2, 0.25) is 5.91 Å². The fourth-order valence-corrected chi connectivity index (χ4v) is 3.52. The molecule has 2 atom stereocenters. The maximum absolute atomic E-state index is 13.2. The number of amides is 4. The highest BCUT2D eigenvalue weighted by Crippen LogP contribution is 2.19. The lowest BCUT2D eigenvalue weighted by atomic mass is 9.87. The van der Waals surface area contributed by atoms with Crippen LogP contribution in [0.15, 0.2) is 42.2 Å². The zero-order valence-electron chi connectivity index (χ0n) is 22.4. The van der Waals surface area contributed by atoms with Gasteiger partial charge < -0.3 is 36.1 Å². The molecule has 0 saturated carbocycles. The molecule has 0 radical (unpaired) electrons. The van der Waals surface area contributed by atoms with E-state index in [1.807, 2.05) is 30.3 Å². The van der Waals surface area contributed by atoms with E-state index in [0.717, 1.165) is 5.56 Å². The summed E-state index contributed by atoms with van der Waals surface area (Å²) in [5.41, 5.74) is 4.19. The Bertz CT molecular complexity index is 1000. The summed E-state index contributed by atoms with van der Waals surface area (Å²) in [5.74, 6) is -1.80. The van der Waals surface area contributed by atoms with Crippen LogP contribution in [0, 0.1) is 5.92 Å². The normalized spacial score (nSPS) is 17.5. The van der Waals surface area contributed by atoms with E-state index in [4.69, 9.17) is 15.2 Å². The molecule has 0 aromatic heterocycles. The van der Waals surface area contributed by atoms with Gasteiger partial charge in [-0.2, -0.15) is 0 Å². The summed E-state index contributed by atoms with van der Waals surface area (Å²) in [7, 11) is 0. The maximum Gasteiger partial charge on any atom is 0.408 e. The highest BCUT2D eigenvalue weighted by Gasteiger charge is 2.39. The Morgan fingerprint density at radius 1 is 1.11 bits per heavy atom. The summed E-state index contributed by atoms with van der Waals surface area (Å²) in [4.78, 5) is 51.6. The van der Waals surface area contributed by atoms with Crippen molar-refractivity contribution in [2.75, 3.05) is 13.1 Å². The number of nitrogens with zero attached hydrogens (tertiary/aromatic N) is 1. The van der Waals surface area contributed by atoms with Crippen LogP contribution in [0.5, 0.6) is 0 Å². The number of primary amides is 1. The van der Waals surface area contributed by atoms with Crippen molar-refractivity contribution in [1.82, 2.24) is 20.9 Å². The van der Waals surface area contributed by atoms with Crippen molar-refractivity contribution in [1.29, 1.82) is 0 Å². The Balaban J connectivity index is 2.02. The van der Waals surface area contributed by atoms with Gasteiger partial charge in [0.25, 0.3) is 5.91 Å². The van der Waals surface area contributed by atoms with Gasteiger partial charge in [-0.3, -0.25) is 9.59 Å². The second kappa shape index (κ2) is 12.5. The van der Waals surface area contributed by atoms with Crippen molar-refractivity contribution in [2.24, 2.45) is 11.7 Å². The first kappa shape index (κ1) is 29.5. The molecule has 1 saturated heterocycles. The minimum Gasteiger partial charge on any atom is -0.445 e. The number of benzene rings is 1. The van der Waals surface area contributed by atoms with Crippen LogP contribution in [-0.4, -0.2) is 59.2 Å². The third-order valence-electron chi connectivity index (χ3n) is 5.97. The first-order chi connectivity index (χ1) is 17.2. The molecule has 37 heavy (non-hydrogen) atoms. The summed E-state index contributed by atoms with van der Waals surface area (Å²) in [6.45, 7) is 11.4. The molecule has 4 amide bonds. The summed E-state index contributed by atoms with van der Waals surface area (Å²) in [5, 5.41) is 7.97. The van der Waals surface area contributed by atoms with Gasteiger partial charge in [-0.05, 0) is 45.6 Å². The predicted octanol–water partition coefficient (Wildman–Crippen LogP) is 2.37. The first-order valence-corrected chi connectivity index (χ1v) is 12.2.